The van der Waals surface area contributed by atoms with Crippen LogP contribution in [0.3, 0.4) is 0 Å². The summed E-state index contributed by atoms with van der Waals surface area (Å²) in [5.41, 5.74) is 5.89. The Labute approximate surface area is 164 Å². The molecule has 0 aliphatic carbocycles. The first-order valence-corrected chi connectivity index (χ1v) is 8.55. The predicted octanol–water partition coefficient (Wildman–Crippen LogP) is 0.711. The van der Waals surface area contributed by atoms with Crippen molar-refractivity contribution >= 4 is 29.2 Å². The standard InChI is InChI=1S/C18H15ClN6O3/c19-14-10-13(25(24-14)18-21-7-4-8-22-18)17(28)23-12(15(26)16(20)27)9-11-5-2-1-3-6-11/h1-8,10,12H,9H2,(H2,20,27)(H,23,28). The van der Waals surface area contributed by atoms with Crippen LogP contribution in [0.25, 0.3) is 5.95 Å². The molecule has 0 radical (unpaired) electrons. The van der Waals surface area contributed by atoms with E-state index in [0.717, 1.165) is 10.2 Å². The van der Waals surface area contributed by atoms with E-state index in [1.807, 2.05) is 6.07 Å². The summed E-state index contributed by atoms with van der Waals surface area (Å²) in [7, 11) is 0. The molecular weight excluding hydrogens is 384 g/mol. The van der Waals surface area contributed by atoms with Crippen LogP contribution < -0.4 is 11.1 Å². The second kappa shape index (κ2) is 8.40. The zero-order valence-corrected chi connectivity index (χ0v) is 15.2. The first-order valence-electron chi connectivity index (χ1n) is 8.17. The van der Waals surface area contributed by atoms with Crippen molar-refractivity contribution in [3.8, 4) is 5.95 Å². The molecule has 1 aromatic carbocycles. The number of hydrogen-bond donors (Lipinski definition) is 2. The zero-order chi connectivity index (χ0) is 20.1. The average molecular weight is 399 g/mol. The molecule has 2 amide bonds. The highest BCUT2D eigenvalue weighted by Gasteiger charge is 2.27. The number of primary amides is 1. The quantitative estimate of drug-likeness (QED) is 0.563. The average Bonchev–Trinajstić information content (AvgIpc) is 3.10. The van der Waals surface area contributed by atoms with E-state index >= 15 is 0 Å². The number of ketones is 1. The molecular formula is C18H15ClN6O3. The van der Waals surface area contributed by atoms with Gasteiger partial charge in [0.25, 0.3) is 17.8 Å². The molecule has 2 heterocycles. The molecule has 28 heavy (non-hydrogen) atoms. The Kier molecular flexibility index (Phi) is 5.75. The van der Waals surface area contributed by atoms with Crippen LogP contribution in [0.5, 0.6) is 0 Å². The predicted molar refractivity (Wildman–Crippen MR) is 99.8 cm³/mol. The van der Waals surface area contributed by atoms with Crippen LogP contribution >= 0.6 is 11.6 Å². The van der Waals surface area contributed by atoms with E-state index in [4.69, 9.17) is 17.3 Å². The molecule has 0 bridgehead atoms. The van der Waals surface area contributed by atoms with Crippen LogP contribution in [0.2, 0.25) is 5.15 Å². The van der Waals surface area contributed by atoms with Gasteiger partial charge in [0.15, 0.2) is 5.15 Å². The van der Waals surface area contributed by atoms with E-state index in [9.17, 15) is 14.4 Å². The number of carbonyl (C=O) groups is 3. The lowest BCUT2D eigenvalue weighted by molar-refractivity contribution is -0.137. The molecule has 0 aliphatic rings. The Morgan fingerprint density at radius 3 is 2.43 bits per heavy atom. The fourth-order valence-corrected chi connectivity index (χ4v) is 2.71. The topological polar surface area (TPSA) is 133 Å². The summed E-state index contributed by atoms with van der Waals surface area (Å²) in [4.78, 5) is 44.5. The largest absolute Gasteiger partial charge is 0.363 e. The maximum absolute atomic E-state index is 12.8. The molecule has 3 N–H and O–H groups in total. The summed E-state index contributed by atoms with van der Waals surface area (Å²) in [6, 6.07) is 10.7. The third-order valence-corrected chi connectivity index (χ3v) is 3.99. The van der Waals surface area contributed by atoms with Crippen molar-refractivity contribution in [1.82, 2.24) is 25.1 Å². The Morgan fingerprint density at radius 1 is 1.11 bits per heavy atom. The van der Waals surface area contributed by atoms with Crippen molar-refractivity contribution in [2.75, 3.05) is 0 Å². The Hall–Kier alpha value is -3.59. The molecule has 2 aromatic heterocycles. The maximum Gasteiger partial charge on any atom is 0.287 e. The Balaban J connectivity index is 1.88. The first-order chi connectivity index (χ1) is 13.5. The molecule has 142 valence electrons. The second-order valence-electron chi connectivity index (χ2n) is 5.76. The van der Waals surface area contributed by atoms with E-state index in [1.165, 1.54) is 18.5 Å². The molecule has 0 saturated heterocycles. The molecule has 0 aliphatic heterocycles. The molecule has 3 rings (SSSR count). The summed E-state index contributed by atoms with van der Waals surface area (Å²) in [5, 5.41) is 6.56. The number of Topliss-reactive ketones (excluding diaryl/α,β-unsaturated/α-hetero) is 1. The number of hydrogen-bond acceptors (Lipinski definition) is 6. The molecule has 0 spiro atoms. The number of carbonyl (C=O) groups excluding carboxylic acids is 3. The van der Waals surface area contributed by atoms with Gasteiger partial charge in [0, 0.05) is 24.9 Å². The van der Waals surface area contributed by atoms with Crippen molar-refractivity contribution < 1.29 is 14.4 Å². The number of amides is 2. The first kappa shape index (κ1) is 19.2. The maximum atomic E-state index is 12.8. The highest BCUT2D eigenvalue weighted by molar-refractivity contribution is 6.38. The van der Waals surface area contributed by atoms with Gasteiger partial charge in [-0.3, -0.25) is 14.4 Å². The van der Waals surface area contributed by atoms with E-state index < -0.39 is 23.6 Å². The van der Waals surface area contributed by atoms with Gasteiger partial charge in [0.05, 0.1) is 0 Å². The van der Waals surface area contributed by atoms with Gasteiger partial charge in [0.2, 0.25) is 5.78 Å². The fraction of sp³-hybridized carbons (Fsp3) is 0.111. The normalized spacial score (nSPS) is 11.6. The van der Waals surface area contributed by atoms with Gasteiger partial charge in [-0.05, 0) is 11.6 Å². The fourth-order valence-electron chi connectivity index (χ4n) is 2.53. The van der Waals surface area contributed by atoms with Gasteiger partial charge >= 0.3 is 0 Å². The van der Waals surface area contributed by atoms with Crippen molar-refractivity contribution in [3.05, 3.63) is 71.3 Å². The molecule has 0 fully saturated rings. The van der Waals surface area contributed by atoms with E-state index in [0.29, 0.717) is 0 Å². The number of nitrogens with zero attached hydrogens (tertiary/aromatic N) is 4. The zero-order valence-electron chi connectivity index (χ0n) is 14.4. The van der Waals surface area contributed by atoms with Crippen LogP contribution in [0, 0.1) is 0 Å². The van der Waals surface area contributed by atoms with Gasteiger partial charge in [-0.2, -0.15) is 9.78 Å². The van der Waals surface area contributed by atoms with Gasteiger partial charge in [-0.1, -0.05) is 41.9 Å². The van der Waals surface area contributed by atoms with Gasteiger partial charge < -0.3 is 11.1 Å². The van der Waals surface area contributed by atoms with Crippen molar-refractivity contribution in [3.63, 3.8) is 0 Å². The number of rotatable bonds is 7. The molecule has 0 saturated carbocycles. The Morgan fingerprint density at radius 2 is 1.79 bits per heavy atom. The summed E-state index contributed by atoms with van der Waals surface area (Å²) < 4.78 is 1.14. The van der Waals surface area contributed by atoms with Crippen molar-refractivity contribution in [1.29, 1.82) is 0 Å². The molecule has 9 nitrogen and oxygen atoms in total. The van der Waals surface area contributed by atoms with Crippen molar-refractivity contribution in [2.45, 2.75) is 12.5 Å². The Bertz CT molecular complexity index is 1010. The van der Waals surface area contributed by atoms with E-state index in [1.54, 1.807) is 30.3 Å². The minimum atomic E-state index is -1.15. The highest BCUT2D eigenvalue weighted by atomic mass is 35.5. The monoisotopic (exact) mass is 398 g/mol. The van der Waals surface area contributed by atoms with Gasteiger partial charge in [-0.15, -0.1) is 0 Å². The van der Waals surface area contributed by atoms with Crippen LogP contribution in [-0.2, 0) is 16.0 Å². The molecule has 1 atom stereocenters. The summed E-state index contributed by atoms with van der Waals surface area (Å²) in [5.74, 6) is -2.60. The number of benzene rings is 1. The SMILES string of the molecule is NC(=O)C(=O)C(Cc1ccccc1)NC(=O)c1cc(Cl)nn1-c1ncccn1. The third-order valence-electron chi connectivity index (χ3n) is 3.80. The molecule has 3 aromatic rings. The van der Waals surface area contributed by atoms with Crippen LogP contribution in [0.4, 0.5) is 0 Å². The lowest BCUT2D eigenvalue weighted by atomic mass is 10.0. The second-order valence-corrected chi connectivity index (χ2v) is 6.14. The minimum absolute atomic E-state index is 0.00605. The van der Waals surface area contributed by atoms with Gasteiger partial charge in [-0.25, -0.2) is 9.97 Å². The van der Waals surface area contributed by atoms with Crippen molar-refractivity contribution in [2.24, 2.45) is 5.73 Å². The molecule has 1 unspecified atom stereocenters. The smallest absolute Gasteiger partial charge is 0.287 e. The number of aromatic nitrogens is 4. The number of nitrogens with two attached hydrogens (primary N) is 1. The lowest BCUT2D eigenvalue weighted by Gasteiger charge is -2.16. The highest BCUT2D eigenvalue weighted by Crippen LogP contribution is 2.14. The summed E-state index contributed by atoms with van der Waals surface area (Å²) in [6.45, 7) is 0. The summed E-state index contributed by atoms with van der Waals surface area (Å²) in [6.07, 6.45) is 3.06. The number of nitrogens with one attached hydrogen (secondary N) is 1. The third kappa shape index (κ3) is 4.38. The minimum Gasteiger partial charge on any atom is -0.363 e. The van der Waals surface area contributed by atoms with Crippen LogP contribution in [0.15, 0.2) is 54.9 Å². The van der Waals surface area contributed by atoms with E-state index in [-0.39, 0.29) is 23.2 Å². The molecule has 10 heteroatoms. The van der Waals surface area contributed by atoms with Crippen LogP contribution in [-0.4, -0.2) is 43.4 Å². The number of halogens is 1. The van der Waals surface area contributed by atoms with Gasteiger partial charge in [0.1, 0.15) is 11.7 Å². The summed E-state index contributed by atoms with van der Waals surface area (Å²) >= 11 is 5.93. The lowest BCUT2D eigenvalue weighted by Crippen LogP contribution is -2.47. The van der Waals surface area contributed by atoms with Crippen LogP contribution in [0.1, 0.15) is 16.1 Å². The van der Waals surface area contributed by atoms with E-state index in [2.05, 4.69) is 20.4 Å².